The molecule has 1 aliphatic rings. The van der Waals surface area contributed by atoms with Crippen molar-refractivity contribution in [2.75, 3.05) is 19.6 Å². The van der Waals surface area contributed by atoms with Crippen molar-refractivity contribution in [3.8, 4) is 11.3 Å². The molecule has 2 aromatic rings. The largest absolute Gasteiger partial charge is 0.284 e. The first-order valence-corrected chi connectivity index (χ1v) is 10.6. The zero-order chi connectivity index (χ0) is 18.6. The van der Waals surface area contributed by atoms with Gasteiger partial charge in [-0.3, -0.25) is 14.6 Å². The average molecular weight is 378 g/mol. The molecule has 8 heteroatoms. The minimum absolute atomic E-state index is 0.331. The Labute approximate surface area is 155 Å². The molecule has 0 saturated carbocycles. The second-order valence-electron chi connectivity index (χ2n) is 7.12. The van der Waals surface area contributed by atoms with Crippen molar-refractivity contribution in [1.29, 1.82) is 0 Å². The molecule has 3 heterocycles. The Kier molecular flexibility index (Phi) is 6.05. The van der Waals surface area contributed by atoms with E-state index in [4.69, 9.17) is 0 Å². The first-order chi connectivity index (χ1) is 12.5. The lowest BCUT2D eigenvalue weighted by Crippen LogP contribution is -2.42. The standard InChI is InChI=1S/C18H27N5O2S/c1-15(2)26(24,25)21-12-16-4-3-11-22(13-16)14-23-18(7-10-20-23)17-5-8-19-9-6-17/h5-10,15-16,21H,3-4,11-14H2,1-2H3. The number of nitrogens with one attached hydrogen (secondary N) is 1. The number of nitrogens with zero attached hydrogens (tertiary/aromatic N) is 4. The van der Waals surface area contributed by atoms with Gasteiger partial charge in [-0.1, -0.05) is 0 Å². The maximum absolute atomic E-state index is 12.0. The minimum atomic E-state index is -3.20. The normalized spacial score (nSPS) is 19.1. The van der Waals surface area contributed by atoms with Crippen LogP contribution < -0.4 is 4.72 Å². The quantitative estimate of drug-likeness (QED) is 0.798. The molecule has 3 rings (SSSR count). The van der Waals surface area contributed by atoms with Crippen LogP contribution in [-0.2, 0) is 16.7 Å². The van der Waals surface area contributed by atoms with Crippen LogP contribution in [0.25, 0.3) is 11.3 Å². The smallest absolute Gasteiger partial charge is 0.213 e. The Hall–Kier alpha value is -1.77. The van der Waals surface area contributed by atoms with E-state index in [1.807, 2.05) is 29.1 Å². The molecule has 0 aliphatic carbocycles. The summed E-state index contributed by atoms with van der Waals surface area (Å²) in [5.41, 5.74) is 2.16. The Bertz CT molecular complexity index is 804. The molecule has 7 nitrogen and oxygen atoms in total. The van der Waals surface area contributed by atoms with Crippen LogP contribution in [0.5, 0.6) is 0 Å². The Morgan fingerprint density at radius 2 is 2.00 bits per heavy atom. The van der Waals surface area contributed by atoms with Crippen LogP contribution in [0.3, 0.4) is 0 Å². The van der Waals surface area contributed by atoms with E-state index in [1.54, 1.807) is 26.2 Å². The van der Waals surface area contributed by atoms with Gasteiger partial charge in [0, 0.05) is 37.2 Å². The van der Waals surface area contributed by atoms with Gasteiger partial charge in [0.1, 0.15) is 0 Å². The van der Waals surface area contributed by atoms with Crippen LogP contribution in [0, 0.1) is 5.92 Å². The van der Waals surface area contributed by atoms with Crippen LogP contribution in [0.15, 0.2) is 36.8 Å². The molecule has 1 unspecified atom stereocenters. The maximum Gasteiger partial charge on any atom is 0.213 e. The molecule has 0 bridgehead atoms. The predicted molar refractivity (Wildman–Crippen MR) is 102 cm³/mol. The lowest BCUT2D eigenvalue weighted by molar-refractivity contribution is 0.134. The van der Waals surface area contributed by atoms with Gasteiger partial charge >= 0.3 is 0 Å². The fraction of sp³-hybridized carbons (Fsp3) is 0.556. The predicted octanol–water partition coefficient (Wildman–Crippen LogP) is 1.94. The first-order valence-electron chi connectivity index (χ1n) is 9.09. The lowest BCUT2D eigenvalue weighted by Gasteiger charge is -2.33. The third-order valence-corrected chi connectivity index (χ3v) is 6.63. The van der Waals surface area contributed by atoms with Crippen LogP contribution in [0.4, 0.5) is 0 Å². The Morgan fingerprint density at radius 3 is 2.73 bits per heavy atom. The highest BCUT2D eigenvalue weighted by Gasteiger charge is 2.23. The molecule has 1 atom stereocenters. The number of hydrogen-bond acceptors (Lipinski definition) is 5. The molecule has 0 radical (unpaired) electrons. The molecule has 142 valence electrons. The molecule has 0 amide bonds. The highest BCUT2D eigenvalue weighted by atomic mass is 32.2. The first kappa shape index (κ1) is 19.0. The van der Waals surface area contributed by atoms with Crippen LogP contribution in [0.2, 0.25) is 0 Å². The Morgan fingerprint density at radius 1 is 1.23 bits per heavy atom. The summed E-state index contributed by atoms with van der Waals surface area (Å²) >= 11 is 0. The number of aromatic nitrogens is 3. The number of pyridine rings is 1. The van der Waals surface area contributed by atoms with Gasteiger partial charge in [-0.25, -0.2) is 13.1 Å². The van der Waals surface area contributed by atoms with Crippen LogP contribution in [-0.4, -0.2) is 53.0 Å². The van der Waals surface area contributed by atoms with Gasteiger partial charge in [0.2, 0.25) is 10.0 Å². The van der Waals surface area contributed by atoms with Gasteiger partial charge < -0.3 is 0 Å². The van der Waals surface area contributed by atoms with Gasteiger partial charge in [0.25, 0.3) is 0 Å². The van der Waals surface area contributed by atoms with Gasteiger partial charge in [-0.05, 0) is 57.4 Å². The summed E-state index contributed by atoms with van der Waals surface area (Å²) in [5.74, 6) is 0.331. The van der Waals surface area contributed by atoms with E-state index >= 15 is 0 Å². The summed E-state index contributed by atoms with van der Waals surface area (Å²) in [6.45, 7) is 6.49. The van der Waals surface area contributed by atoms with Crippen molar-refractivity contribution < 1.29 is 8.42 Å². The summed E-state index contributed by atoms with van der Waals surface area (Å²) in [7, 11) is -3.20. The second kappa shape index (κ2) is 8.28. The summed E-state index contributed by atoms with van der Waals surface area (Å²) in [4.78, 5) is 6.41. The van der Waals surface area contributed by atoms with Crippen molar-refractivity contribution >= 4 is 10.0 Å². The second-order valence-corrected chi connectivity index (χ2v) is 9.44. The van der Waals surface area contributed by atoms with Crippen molar-refractivity contribution in [1.82, 2.24) is 24.4 Å². The molecule has 2 aromatic heterocycles. The highest BCUT2D eigenvalue weighted by Crippen LogP contribution is 2.21. The molecular weight excluding hydrogens is 350 g/mol. The summed E-state index contributed by atoms with van der Waals surface area (Å²) < 4.78 is 28.7. The minimum Gasteiger partial charge on any atom is -0.284 e. The van der Waals surface area contributed by atoms with Crippen LogP contribution in [0.1, 0.15) is 26.7 Å². The van der Waals surface area contributed by atoms with E-state index in [0.717, 1.165) is 37.2 Å². The number of rotatable bonds is 7. The number of likely N-dealkylation sites (tertiary alicyclic amines) is 1. The van der Waals surface area contributed by atoms with Crippen molar-refractivity contribution in [3.63, 3.8) is 0 Å². The van der Waals surface area contributed by atoms with Crippen molar-refractivity contribution in [2.24, 2.45) is 5.92 Å². The van der Waals surface area contributed by atoms with Crippen LogP contribution >= 0.6 is 0 Å². The van der Waals surface area contributed by atoms with E-state index in [-0.39, 0.29) is 0 Å². The summed E-state index contributed by atoms with van der Waals surface area (Å²) in [6, 6.07) is 5.97. The fourth-order valence-electron chi connectivity index (χ4n) is 3.25. The van der Waals surface area contributed by atoms with E-state index in [1.165, 1.54) is 0 Å². The zero-order valence-electron chi connectivity index (χ0n) is 15.4. The van der Waals surface area contributed by atoms with E-state index < -0.39 is 15.3 Å². The number of sulfonamides is 1. The SMILES string of the molecule is CC(C)S(=O)(=O)NCC1CCCN(Cn2nccc2-c2ccncc2)C1. The Balaban J connectivity index is 1.61. The van der Waals surface area contributed by atoms with Gasteiger partial charge in [0.05, 0.1) is 17.6 Å². The third-order valence-electron chi connectivity index (χ3n) is 4.82. The average Bonchev–Trinajstić information content (AvgIpc) is 3.09. The lowest BCUT2D eigenvalue weighted by atomic mass is 9.99. The summed E-state index contributed by atoms with van der Waals surface area (Å²) in [6.07, 6.45) is 7.50. The fourth-order valence-corrected chi connectivity index (χ4v) is 4.05. The van der Waals surface area contributed by atoms with Gasteiger partial charge in [0.15, 0.2) is 0 Å². The molecule has 1 N–H and O–H groups in total. The van der Waals surface area contributed by atoms with E-state index in [0.29, 0.717) is 19.1 Å². The molecule has 1 aliphatic heterocycles. The molecule has 0 aromatic carbocycles. The van der Waals surface area contributed by atoms with Crippen molar-refractivity contribution in [3.05, 3.63) is 36.8 Å². The maximum atomic E-state index is 12.0. The number of hydrogen-bond donors (Lipinski definition) is 1. The molecule has 0 spiro atoms. The van der Waals surface area contributed by atoms with Crippen molar-refractivity contribution in [2.45, 2.75) is 38.6 Å². The zero-order valence-corrected chi connectivity index (χ0v) is 16.2. The summed E-state index contributed by atoms with van der Waals surface area (Å²) in [5, 5.41) is 4.07. The van der Waals surface area contributed by atoms with E-state index in [9.17, 15) is 8.42 Å². The molecule has 26 heavy (non-hydrogen) atoms. The highest BCUT2D eigenvalue weighted by molar-refractivity contribution is 7.90. The molecule has 1 saturated heterocycles. The molecule has 1 fully saturated rings. The van der Waals surface area contributed by atoms with Gasteiger partial charge in [-0.2, -0.15) is 5.10 Å². The van der Waals surface area contributed by atoms with Gasteiger partial charge in [-0.15, -0.1) is 0 Å². The van der Waals surface area contributed by atoms with E-state index in [2.05, 4.69) is 19.7 Å². The monoisotopic (exact) mass is 377 g/mol. The molecular formula is C18H27N5O2S. The topological polar surface area (TPSA) is 80.1 Å². The third kappa shape index (κ3) is 4.69. The number of piperidine rings is 1.